The number of hydrogen-bond acceptors (Lipinski definition) is 4. The van der Waals surface area contributed by atoms with Crippen LogP contribution in [-0.4, -0.2) is 25.2 Å². The molecule has 0 radical (unpaired) electrons. The van der Waals surface area contributed by atoms with Crippen LogP contribution in [0.1, 0.15) is 85.3 Å². The molecule has 4 nitrogen and oxygen atoms in total. The van der Waals surface area contributed by atoms with Crippen molar-refractivity contribution in [2.75, 3.05) is 13.2 Å². The standard InChI is InChI=1S/C35H45NO3/c1-24(2)36-19-8-9-20-38-33-16-14-27(26-11-10-12-29(21-26)39-25(3)37)22-30(33)28-13-15-31-32(23-28)35(6,7)18-17-34(31,4)5/h10-16,21-24,36H,8-9,17-20H2,1-7H3. The van der Waals surface area contributed by atoms with Gasteiger partial charge in [0.25, 0.3) is 0 Å². The predicted octanol–water partition coefficient (Wildman–Crippen LogP) is 8.45. The molecule has 0 atom stereocenters. The zero-order valence-electron chi connectivity index (χ0n) is 24.8. The van der Waals surface area contributed by atoms with Gasteiger partial charge in [0.15, 0.2) is 0 Å². The van der Waals surface area contributed by atoms with E-state index < -0.39 is 0 Å². The molecular formula is C35H45NO3. The number of hydrogen-bond donors (Lipinski definition) is 1. The van der Waals surface area contributed by atoms with E-state index in [1.54, 1.807) is 0 Å². The fraction of sp³-hybridized carbons (Fsp3) is 0.457. The number of benzene rings is 3. The molecule has 3 aromatic carbocycles. The van der Waals surface area contributed by atoms with Gasteiger partial charge < -0.3 is 14.8 Å². The Morgan fingerprint density at radius 1 is 0.846 bits per heavy atom. The van der Waals surface area contributed by atoms with Gasteiger partial charge in [-0.3, -0.25) is 4.79 Å². The largest absolute Gasteiger partial charge is 0.493 e. The summed E-state index contributed by atoms with van der Waals surface area (Å²) in [6.07, 6.45) is 4.45. The molecule has 0 fully saturated rings. The van der Waals surface area contributed by atoms with Crippen LogP contribution in [-0.2, 0) is 15.6 Å². The minimum atomic E-state index is -0.320. The highest BCUT2D eigenvalue weighted by Crippen LogP contribution is 2.47. The maximum Gasteiger partial charge on any atom is 0.308 e. The Morgan fingerprint density at radius 2 is 1.54 bits per heavy atom. The average molecular weight is 528 g/mol. The summed E-state index contributed by atoms with van der Waals surface area (Å²) in [7, 11) is 0. The molecular weight excluding hydrogens is 482 g/mol. The molecule has 39 heavy (non-hydrogen) atoms. The average Bonchev–Trinajstić information content (AvgIpc) is 2.88. The number of unbranched alkanes of at least 4 members (excludes halogenated alkanes) is 1. The van der Waals surface area contributed by atoms with E-state index in [1.165, 1.54) is 36.5 Å². The molecule has 208 valence electrons. The highest BCUT2D eigenvalue weighted by Gasteiger charge is 2.37. The van der Waals surface area contributed by atoms with Crippen LogP contribution in [0.5, 0.6) is 11.5 Å². The van der Waals surface area contributed by atoms with E-state index in [-0.39, 0.29) is 16.8 Å². The summed E-state index contributed by atoms with van der Waals surface area (Å²) >= 11 is 0. The Hall–Kier alpha value is -3.11. The number of esters is 1. The monoisotopic (exact) mass is 527 g/mol. The van der Waals surface area contributed by atoms with E-state index in [9.17, 15) is 4.79 Å². The van der Waals surface area contributed by atoms with Crippen molar-refractivity contribution in [2.24, 2.45) is 0 Å². The Morgan fingerprint density at radius 3 is 2.26 bits per heavy atom. The van der Waals surface area contributed by atoms with Gasteiger partial charge in [0.1, 0.15) is 11.5 Å². The molecule has 1 aliphatic carbocycles. The SMILES string of the molecule is CC(=O)Oc1cccc(-c2ccc(OCCCCNC(C)C)c(-c3ccc4c(c3)C(C)(C)CCC4(C)C)c2)c1. The van der Waals surface area contributed by atoms with E-state index in [4.69, 9.17) is 9.47 Å². The van der Waals surface area contributed by atoms with Gasteiger partial charge in [-0.1, -0.05) is 77.9 Å². The van der Waals surface area contributed by atoms with E-state index >= 15 is 0 Å². The summed E-state index contributed by atoms with van der Waals surface area (Å²) in [6.45, 7) is 16.9. The molecule has 0 bridgehead atoms. The molecule has 4 rings (SSSR count). The van der Waals surface area contributed by atoms with Crippen LogP contribution >= 0.6 is 0 Å². The second-order valence-electron chi connectivity index (χ2n) is 12.5. The summed E-state index contributed by atoms with van der Waals surface area (Å²) < 4.78 is 11.8. The van der Waals surface area contributed by atoms with Crippen LogP contribution in [0.4, 0.5) is 0 Å². The molecule has 0 unspecified atom stereocenters. The maximum atomic E-state index is 11.5. The Labute approximate surface area is 235 Å². The van der Waals surface area contributed by atoms with Crippen molar-refractivity contribution in [3.63, 3.8) is 0 Å². The third kappa shape index (κ3) is 7.10. The van der Waals surface area contributed by atoms with Gasteiger partial charge >= 0.3 is 5.97 Å². The number of nitrogens with one attached hydrogen (secondary N) is 1. The van der Waals surface area contributed by atoms with Gasteiger partial charge in [-0.15, -0.1) is 0 Å². The first kappa shape index (κ1) is 28.9. The number of fused-ring (bicyclic) bond motifs is 1. The minimum Gasteiger partial charge on any atom is -0.493 e. The van der Waals surface area contributed by atoms with Gasteiger partial charge in [-0.05, 0) is 95.1 Å². The van der Waals surface area contributed by atoms with Gasteiger partial charge in [0.05, 0.1) is 6.61 Å². The lowest BCUT2D eigenvalue weighted by Crippen LogP contribution is -2.33. The smallest absolute Gasteiger partial charge is 0.308 e. The maximum absolute atomic E-state index is 11.5. The number of carbonyl (C=O) groups is 1. The van der Waals surface area contributed by atoms with Crippen molar-refractivity contribution in [3.05, 3.63) is 71.8 Å². The fourth-order valence-electron chi connectivity index (χ4n) is 5.52. The molecule has 0 aliphatic heterocycles. The summed E-state index contributed by atoms with van der Waals surface area (Å²) in [4.78, 5) is 11.5. The van der Waals surface area contributed by atoms with Crippen molar-refractivity contribution in [1.29, 1.82) is 0 Å². The zero-order chi connectivity index (χ0) is 28.2. The van der Waals surface area contributed by atoms with Crippen molar-refractivity contribution in [2.45, 2.75) is 91.0 Å². The first-order chi connectivity index (χ1) is 18.5. The quantitative estimate of drug-likeness (QED) is 0.163. The predicted molar refractivity (Wildman–Crippen MR) is 162 cm³/mol. The second-order valence-corrected chi connectivity index (χ2v) is 12.5. The summed E-state index contributed by atoms with van der Waals surface area (Å²) in [5.41, 5.74) is 7.51. The van der Waals surface area contributed by atoms with Crippen LogP contribution in [0.15, 0.2) is 60.7 Å². The summed E-state index contributed by atoms with van der Waals surface area (Å²) in [5, 5.41) is 3.48. The van der Waals surface area contributed by atoms with Crippen molar-refractivity contribution < 1.29 is 14.3 Å². The molecule has 3 aromatic rings. The van der Waals surface area contributed by atoms with Crippen LogP contribution < -0.4 is 14.8 Å². The van der Waals surface area contributed by atoms with Crippen LogP contribution in [0, 0.1) is 0 Å². The highest BCUT2D eigenvalue weighted by atomic mass is 16.5. The Bertz CT molecular complexity index is 1300. The number of ether oxygens (including phenoxy) is 2. The third-order valence-corrected chi connectivity index (χ3v) is 7.95. The highest BCUT2D eigenvalue weighted by molar-refractivity contribution is 5.79. The lowest BCUT2D eigenvalue weighted by Gasteiger charge is -2.42. The molecule has 0 saturated carbocycles. The number of rotatable bonds is 10. The third-order valence-electron chi connectivity index (χ3n) is 7.95. The zero-order valence-corrected chi connectivity index (χ0v) is 24.8. The molecule has 1 aliphatic rings. The molecule has 0 spiro atoms. The van der Waals surface area contributed by atoms with Crippen LogP contribution in [0.25, 0.3) is 22.3 Å². The Kier molecular flexibility index (Phi) is 8.86. The second kappa shape index (κ2) is 12.0. The van der Waals surface area contributed by atoms with Gasteiger partial charge in [0, 0.05) is 18.5 Å². The summed E-state index contributed by atoms with van der Waals surface area (Å²) in [5.74, 6) is 1.13. The number of carbonyl (C=O) groups excluding carboxylic acids is 1. The Balaban J connectivity index is 1.70. The molecule has 0 amide bonds. The molecule has 0 heterocycles. The first-order valence-electron chi connectivity index (χ1n) is 14.4. The fourth-order valence-corrected chi connectivity index (χ4v) is 5.52. The van der Waals surface area contributed by atoms with Crippen molar-refractivity contribution >= 4 is 5.97 Å². The van der Waals surface area contributed by atoms with Gasteiger partial charge in [-0.25, -0.2) is 0 Å². The first-order valence-corrected chi connectivity index (χ1v) is 14.4. The van der Waals surface area contributed by atoms with E-state index in [0.29, 0.717) is 18.4 Å². The van der Waals surface area contributed by atoms with E-state index in [1.807, 2.05) is 24.3 Å². The van der Waals surface area contributed by atoms with Crippen LogP contribution in [0.3, 0.4) is 0 Å². The molecule has 1 N–H and O–H groups in total. The molecule has 0 aromatic heterocycles. The lowest BCUT2D eigenvalue weighted by molar-refractivity contribution is -0.131. The van der Waals surface area contributed by atoms with Gasteiger partial charge in [-0.2, -0.15) is 0 Å². The van der Waals surface area contributed by atoms with Crippen LogP contribution in [0.2, 0.25) is 0 Å². The minimum absolute atomic E-state index is 0.126. The van der Waals surface area contributed by atoms with Crippen molar-refractivity contribution in [3.8, 4) is 33.8 Å². The topological polar surface area (TPSA) is 47.6 Å². The lowest BCUT2D eigenvalue weighted by atomic mass is 9.63. The molecule has 4 heteroatoms. The van der Waals surface area contributed by atoms with Gasteiger partial charge in [0.2, 0.25) is 0 Å². The van der Waals surface area contributed by atoms with E-state index in [2.05, 4.69) is 83.3 Å². The summed E-state index contributed by atoms with van der Waals surface area (Å²) in [6, 6.07) is 21.6. The normalized spacial score (nSPS) is 15.6. The van der Waals surface area contributed by atoms with Crippen molar-refractivity contribution in [1.82, 2.24) is 5.32 Å². The molecule has 0 saturated heterocycles. The van der Waals surface area contributed by atoms with E-state index in [0.717, 1.165) is 41.8 Å².